The molecule has 1 aliphatic heterocycles. The topological polar surface area (TPSA) is 36.3 Å². The van der Waals surface area contributed by atoms with E-state index >= 15 is 0 Å². The van der Waals surface area contributed by atoms with Crippen molar-refractivity contribution >= 4 is 45.2 Å². The molecule has 0 aliphatic carbocycles. The summed E-state index contributed by atoms with van der Waals surface area (Å²) in [5.74, 6) is 2.68. The van der Waals surface area contributed by atoms with Gasteiger partial charge >= 0.3 is 0 Å². The van der Waals surface area contributed by atoms with Gasteiger partial charge in [-0.25, -0.2) is 4.98 Å². The zero-order chi connectivity index (χ0) is 14.4. The molecule has 4 rings (SSSR count). The van der Waals surface area contributed by atoms with E-state index < -0.39 is 0 Å². The number of hydrogen-bond donors (Lipinski definition) is 0. The van der Waals surface area contributed by atoms with Gasteiger partial charge in [0.05, 0.1) is 22.6 Å². The van der Waals surface area contributed by atoms with Crippen LogP contribution in [0.15, 0.2) is 36.4 Å². The molecule has 0 fully saturated rings. The Morgan fingerprint density at radius 3 is 2.86 bits per heavy atom. The molecule has 0 spiro atoms. The summed E-state index contributed by atoms with van der Waals surface area (Å²) in [5, 5.41) is 0. The zero-order valence-corrected chi connectivity index (χ0v) is 13.8. The number of nitrogens with zero attached hydrogens (tertiary/aromatic N) is 2. The minimum Gasteiger partial charge on any atom is -0.454 e. The standard InChI is InChI=1S/C15H10ClIN2O2/c16-7-15-18-11-5-9(17)1-3-12(11)19(15)10-2-4-13-14(6-10)21-8-20-13/h1-6H,7-8H2. The number of hydrogen-bond acceptors (Lipinski definition) is 3. The molecule has 3 aromatic rings. The van der Waals surface area contributed by atoms with E-state index in [1.807, 2.05) is 18.2 Å². The van der Waals surface area contributed by atoms with Crippen LogP contribution in [0.5, 0.6) is 11.5 Å². The minimum absolute atomic E-state index is 0.268. The van der Waals surface area contributed by atoms with Gasteiger partial charge in [0.25, 0.3) is 0 Å². The summed E-state index contributed by atoms with van der Waals surface area (Å²) in [7, 11) is 0. The van der Waals surface area contributed by atoms with Crippen LogP contribution >= 0.6 is 34.2 Å². The first-order chi connectivity index (χ1) is 10.3. The molecule has 106 valence electrons. The van der Waals surface area contributed by atoms with Gasteiger partial charge in [-0.05, 0) is 52.9 Å². The highest BCUT2D eigenvalue weighted by atomic mass is 127. The molecule has 1 aliphatic rings. The van der Waals surface area contributed by atoms with E-state index in [2.05, 4.69) is 50.3 Å². The average molecular weight is 413 g/mol. The minimum atomic E-state index is 0.268. The van der Waals surface area contributed by atoms with Crippen molar-refractivity contribution in [3.8, 4) is 17.2 Å². The maximum atomic E-state index is 6.07. The summed E-state index contributed by atoms with van der Waals surface area (Å²) in [6, 6.07) is 12.0. The number of aromatic nitrogens is 2. The van der Waals surface area contributed by atoms with Gasteiger partial charge in [0.2, 0.25) is 6.79 Å². The summed E-state index contributed by atoms with van der Waals surface area (Å²) < 4.78 is 14.0. The third kappa shape index (κ3) is 2.15. The summed E-state index contributed by atoms with van der Waals surface area (Å²) in [5.41, 5.74) is 2.94. The summed E-state index contributed by atoms with van der Waals surface area (Å²) in [4.78, 5) is 4.62. The highest BCUT2D eigenvalue weighted by Gasteiger charge is 2.17. The second kappa shape index (κ2) is 5.06. The lowest BCUT2D eigenvalue weighted by atomic mass is 10.2. The van der Waals surface area contributed by atoms with E-state index in [0.717, 1.165) is 37.6 Å². The molecule has 1 aromatic heterocycles. The molecule has 0 saturated carbocycles. The predicted octanol–water partition coefficient (Wildman–Crippen LogP) is 4.10. The Labute approximate surface area is 139 Å². The van der Waals surface area contributed by atoms with Crippen molar-refractivity contribution in [3.05, 3.63) is 45.8 Å². The Morgan fingerprint density at radius 1 is 1.14 bits per heavy atom. The third-order valence-corrected chi connectivity index (χ3v) is 4.33. The van der Waals surface area contributed by atoms with Crippen LogP contribution in [0, 0.1) is 3.57 Å². The van der Waals surface area contributed by atoms with E-state index in [0.29, 0.717) is 5.88 Å². The van der Waals surface area contributed by atoms with Crippen LogP contribution in [-0.4, -0.2) is 16.3 Å². The van der Waals surface area contributed by atoms with Crippen molar-refractivity contribution in [2.75, 3.05) is 6.79 Å². The molecule has 6 heteroatoms. The number of fused-ring (bicyclic) bond motifs is 2. The van der Waals surface area contributed by atoms with Gasteiger partial charge in [0.15, 0.2) is 11.5 Å². The Kier molecular flexibility index (Phi) is 3.19. The summed E-state index contributed by atoms with van der Waals surface area (Å²) in [6.07, 6.45) is 0. The summed E-state index contributed by atoms with van der Waals surface area (Å²) in [6.45, 7) is 0.268. The molecule has 21 heavy (non-hydrogen) atoms. The van der Waals surface area contributed by atoms with Gasteiger partial charge in [0, 0.05) is 9.64 Å². The normalized spacial score (nSPS) is 13.0. The molecule has 4 nitrogen and oxygen atoms in total. The first-order valence-electron chi connectivity index (χ1n) is 6.39. The first-order valence-corrected chi connectivity index (χ1v) is 8.00. The zero-order valence-electron chi connectivity index (χ0n) is 10.8. The van der Waals surface area contributed by atoms with E-state index in [1.165, 1.54) is 0 Å². The quantitative estimate of drug-likeness (QED) is 0.470. The van der Waals surface area contributed by atoms with Gasteiger partial charge in [-0.1, -0.05) is 0 Å². The number of imidazole rings is 1. The predicted molar refractivity (Wildman–Crippen MR) is 89.5 cm³/mol. The summed E-state index contributed by atoms with van der Waals surface area (Å²) >= 11 is 8.35. The number of alkyl halides is 1. The second-order valence-electron chi connectivity index (χ2n) is 4.67. The van der Waals surface area contributed by atoms with Crippen molar-refractivity contribution < 1.29 is 9.47 Å². The van der Waals surface area contributed by atoms with Gasteiger partial charge < -0.3 is 9.47 Å². The van der Waals surface area contributed by atoms with Crippen LogP contribution < -0.4 is 9.47 Å². The Bertz CT molecular complexity index is 847. The van der Waals surface area contributed by atoms with Crippen LogP contribution in [0.25, 0.3) is 16.7 Å². The van der Waals surface area contributed by atoms with Crippen LogP contribution in [0.4, 0.5) is 0 Å². The molecule has 0 N–H and O–H groups in total. The van der Waals surface area contributed by atoms with Gasteiger partial charge in [-0.2, -0.15) is 0 Å². The second-order valence-corrected chi connectivity index (χ2v) is 6.18. The maximum absolute atomic E-state index is 6.07. The Hall–Kier alpha value is -1.47. The maximum Gasteiger partial charge on any atom is 0.231 e. The van der Waals surface area contributed by atoms with Crippen molar-refractivity contribution in [2.24, 2.45) is 0 Å². The molecule has 0 radical (unpaired) electrons. The molecular formula is C15H10ClIN2O2. The largest absolute Gasteiger partial charge is 0.454 e. The van der Waals surface area contributed by atoms with Gasteiger partial charge in [-0.3, -0.25) is 4.57 Å². The fourth-order valence-electron chi connectivity index (χ4n) is 2.51. The van der Waals surface area contributed by atoms with E-state index in [1.54, 1.807) is 0 Å². The molecule has 0 amide bonds. The fourth-order valence-corrected chi connectivity index (χ4v) is 3.16. The molecule has 2 heterocycles. The molecule has 0 atom stereocenters. The van der Waals surface area contributed by atoms with Crippen LogP contribution in [0.3, 0.4) is 0 Å². The van der Waals surface area contributed by atoms with E-state index in [-0.39, 0.29) is 6.79 Å². The Balaban J connectivity index is 1.96. The fraction of sp³-hybridized carbons (Fsp3) is 0.133. The monoisotopic (exact) mass is 412 g/mol. The smallest absolute Gasteiger partial charge is 0.231 e. The van der Waals surface area contributed by atoms with Crippen LogP contribution in [-0.2, 0) is 5.88 Å². The van der Waals surface area contributed by atoms with E-state index in [4.69, 9.17) is 21.1 Å². The highest BCUT2D eigenvalue weighted by Crippen LogP contribution is 2.35. The molecule has 0 bridgehead atoms. The third-order valence-electron chi connectivity index (χ3n) is 3.42. The van der Waals surface area contributed by atoms with Crippen LogP contribution in [0.1, 0.15) is 5.82 Å². The van der Waals surface area contributed by atoms with Gasteiger partial charge in [-0.15, -0.1) is 11.6 Å². The number of ether oxygens (including phenoxy) is 2. The molecule has 2 aromatic carbocycles. The number of rotatable bonds is 2. The first kappa shape index (κ1) is 13.2. The lowest BCUT2D eigenvalue weighted by Crippen LogP contribution is -1.99. The lowest BCUT2D eigenvalue weighted by molar-refractivity contribution is 0.174. The SMILES string of the molecule is ClCc1nc2cc(I)ccc2n1-c1ccc2c(c1)OCO2. The molecular weight excluding hydrogens is 403 g/mol. The Morgan fingerprint density at radius 2 is 2.00 bits per heavy atom. The number of benzene rings is 2. The molecule has 0 saturated heterocycles. The van der Waals surface area contributed by atoms with Crippen LogP contribution in [0.2, 0.25) is 0 Å². The highest BCUT2D eigenvalue weighted by molar-refractivity contribution is 14.1. The van der Waals surface area contributed by atoms with Crippen molar-refractivity contribution in [1.29, 1.82) is 0 Å². The van der Waals surface area contributed by atoms with Gasteiger partial charge in [0.1, 0.15) is 5.82 Å². The van der Waals surface area contributed by atoms with Crippen molar-refractivity contribution in [3.63, 3.8) is 0 Å². The van der Waals surface area contributed by atoms with Crippen molar-refractivity contribution in [1.82, 2.24) is 9.55 Å². The van der Waals surface area contributed by atoms with E-state index in [9.17, 15) is 0 Å². The number of halogens is 2. The average Bonchev–Trinajstić information content (AvgIpc) is 3.09. The van der Waals surface area contributed by atoms with Crippen molar-refractivity contribution in [2.45, 2.75) is 5.88 Å². The lowest BCUT2D eigenvalue weighted by Gasteiger charge is -2.08. The molecule has 0 unspecified atom stereocenters.